The van der Waals surface area contributed by atoms with Crippen molar-refractivity contribution >= 4 is 17.3 Å². The van der Waals surface area contributed by atoms with Gasteiger partial charge >= 0.3 is 6.29 Å². The predicted octanol–water partition coefficient (Wildman–Crippen LogP) is 3.76. The molecule has 1 aliphatic rings. The van der Waals surface area contributed by atoms with Crippen LogP contribution in [0.25, 0.3) is 0 Å². The van der Waals surface area contributed by atoms with Gasteiger partial charge in [0.1, 0.15) is 0 Å². The van der Waals surface area contributed by atoms with Gasteiger partial charge in [0.05, 0.1) is 17.9 Å². The quantitative estimate of drug-likeness (QED) is 0.570. The zero-order chi connectivity index (χ0) is 21.1. The number of nitrogens with one attached hydrogen (secondary N) is 2. The summed E-state index contributed by atoms with van der Waals surface area (Å²) in [5, 5.41) is 15.1. The van der Waals surface area contributed by atoms with E-state index in [9.17, 15) is 18.7 Å². The van der Waals surface area contributed by atoms with Gasteiger partial charge in [-0.15, -0.1) is 8.78 Å². The smallest absolute Gasteiger partial charge is 0.395 e. The van der Waals surface area contributed by atoms with Gasteiger partial charge in [0.25, 0.3) is 5.91 Å². The summed E-state index contributed by atoms with van der Waals surface area (Å²) in [5.74, 6) is -0.671. The van der Waals surface area contributed by atoms with Gasteiger partial charge in [0, 0.05) is 30.2 Å². The molecule has 0 bridgehead atoms. The van der Waals surface area contributed by atoms with E-state index in [-0.39, 0.29) is 23.8 Å². The lowest BCUT2D eigenvalue weighted by Crippen LogP contribution is -2.25. The number of aliphatic hydroxyl groups excluding tert-OH is 1. The topological polar surface area (TPSA) is 92.7 Å². The molecule has 30 heavy (non-hydrogen) atoms. The fourth-order valence-electron chi connectivity index (χ4n) is 2.98. The van der Waals surface area contributed by atoms with Crippen molar-refractivity contribution in [1.29, 1.82) is 0 Å². The van der Waals surface area contributed by atoms with E-state index in [2.05, 4.69) is 25.1 Å². The molecule has 1 aliphatic heterocycles. The molecule has 3 N–H and O–H groups in total. The first kappa shape index (κ1) is 19.6. The van der Waals surface area contributed by atoms with Crippen LogP contribution >= 0.6 is 0 Å². The van der Waals surface area contributed by atoms with Gasteiger partial charge in [-0.3, -0.25) is 9.78 Å². The summed E-state index contributed by atoms with van der Waals surface area (Å²) >= 11 is 0. The largest absolute Gasteiger partial charge is 0.586 e. The molecule has 3 aromatic rings. The van der Waals surface area contributed by atoms with Crippen molar-refractivity contribution < 1.29 is 28.2 Å². The average molecular weight is 413 g/mol. The average Bonchev–Trinajstić information content (AvgIpc) is 3.05. The summed E-state index contributed by atoms with van der Waals surface area (Å²) in [6.07, 6.45) is -2.12. The van der Waals surface area contributed by atoms with Crippen molar-refractivity contribution in [2.24, 2.45) is 0 Å². The van der Waals surface area contributed by atoms with Gasteiger partial charge in [-0.05, 0) is 42.0 Å². The van der Waals surface area contributed by atoms with Gasteiger partial charge < -0.3 is 25.2 Å². The summed E-state index contributed by atoms with van der Waals surface area (Å²) in [7, 11) is 0. The third-order valence-corrected chi connectivity index (χ3v) is 4.36. The Morgan fingerprint density at radius 2 is 1.87 bits per heavy atom. The Morgan fingerprint density at radius 1 is 1.07 bits per heavy atom. The van der Waals surface area contributed by atoms with Gasteiger partial charge in [-0.2, -0.15) is 0 Å². The van der Waals surface area contributed by atoms with E-state index < -0.39 is 12.2 Å². The van der Waals surface area contributed by atoms with Gasteiger partial charge in [-0.1, -0.05) is 12.1 Å². The van der Waals surface area contributed by atoms with Crippen molar-refractivity contribution in [3.8, 4) is 11.5 Å². The Hall–Kier alpha value is -3.72. The van der Waals surface area contributed by atoms with E-state index in [1.54, 1.807) is 42.6 Å². The molecule has 0 aliphatic carbocycles. The minimum Gasteiger partial charge on any atom is -0.395 e. The number of halogens is 2. The van der Waals surface area contributed by atoms with Crippen LogP contribution in [0.4, 0.5) is 20.2 Å². The van der Waals surface area contributed by atoms with E-state index in [0.717, 1.165) is 5.56 Å². The highest BCUT2D eigenvalue weighted by Gasteiger charge is 2.43. The van der Waals surface area contributed by atoms with E-state index in [4.69, 9.17) is 0 Å². The number of alkyl halides is 2. The van der Waals surface area contributed by atoms with Crippen molar-refractivity contribution in [3.63, 3.8) is 0 Å². The number of pyridine rings is 1. The van der Waals surface area contributed by atoms with Crippen LogP contribution in [0.3, 0.4) is 0 Å². The van der Waals surface area contributed by atoms with Crippen LogP contribution < -0.4 is 20.1 Å². The Balaban J connectivity index is 1.47. The number of rotatable bonds is 6. The normalized spacial score (nSPS) is 13.7. The lowest BCUT2D eigenvalue weighted by Gasteiger charge is -2.13. The SMILES string of the molecule is O=C(Nc1ccc2c(c1)OC(F)(F)O2)c1ccccc1NCc1ccnc(CO)c1. The summed E-state index contributed by atoms with van der Waals surface area (Å²) in [4.78, 5) is 16.8. The molecule has 7 nitrogen and oxygen atoms in total. The minimum atomic E-state index is -3.72. The van der Waals surface area contributed by atoms with Gasteiger partial charge in [0.2, 0.25) is 0 Å². The lowest BCUT2D eigenvalue weighted by molar-refractivity contribution is -0.286. The second-order valence-corrected chi connectivity index (χ2v) is 6.50. The first-order valence-electron chi connectivity index (χ1n) is 9.02. The molecule has 0 fully saturated rings. The first-order chi connectivity index (χ1) is 14.4. The Labute approximate surface area is 170 Å². The zero-order valence-electron chi connectivity index (χ0n) is 15.6. The van der Waals surface area contributed by atoms with Crippen LogP contribution in [0.5, 0.6) is 11.5 Å². The third-order valence-electron chi connectivity index (χ3n) is 4.36. The minimum absolute atomic E-state index is 0.0975. The molecule has 0 unspecified atom stereocenters. The van der Waals surface area contributed by atoms with E-state index >= 15 is 0 Å². The van der Waals surface area contributed by atoms with Gasteiger partial charge in [0.15, 0.2) is 11.5 Å². The molecule has 0 radical (unpaired) electrons. The molecule has 154 valence electrons. The molecular weight excluding hydrogens is 396 g/mol. The number of carbonyl (C=O) groups is 1. The second-order valence-electron chi connectivity index (χ2n) is 6.50. The fourth-order valence-corrected chi connectivity index (χ4v) is 2.98. The number of benzene rings is 2. The number of anilines is 2. The van der Waals surface area contributed by atoms with Crippen LogP contribution in [0.15, 0.2) is 60.8 Å². The number of ether oxygens (including phenoxy) is 2. The monoisotopic (exact) mass is 413 g/mol. The molecule has 2 aromatic carbocycles. The van der Waals surface area contributed by atoms with Crippen LogP contribution in [0, 0.1) is 0 Å². The maximum absolute atomic E-state index is 13.2. The lowest BCUT2D eigenvalue weighted by atomic mass is 10.1. The molecule has 0 saturated carbocycles. The van der Waals surface area contributed by atoms with Crippen LogP contribution in [0.2, 0.25) is 0 Å². The van der Waals surface area contributed by atoms with Gasteiger partial charge in [-0.25, -0.2) is 0 Å². The highest BCUT2D eigenvalue weighted by molar-refractivity contribution is 6.08. The maximum Gasteiger partial charge on any atom is 0.586 e. The molecule has 0 atom stereocenters. The Bertz CT molecular complexity index is 1090. The highest BCUT2D eigenvalue weighted by atomic mass is 19.3. The van der Waals surface area contributed by atoms with E-state index in [1.165, 1.54) is 18.2 Å². The van der Waals surface area contributed by atoms with Crippen molar-refractivity contribution in [2.75, 3.05) is 10.6 Å². The van der Waals surface area contributed by atoms with Crippen molar-refractivity contribution in [1.82, 2.24) is 4.98 Å². The number of para-hydroxylation sites is 1. The van der Waals surface area contributed by atoms with E-state index in [1.807, 2.05) is 0 Å². The third kappa shape index (κ3) is 4.31. The molecule has 1 aromatic heterocycles. The fraction of sp³-hybridized carbons (Fsp3) is 0.143. The Morgan fingerprint density at radius 3 is 2.70 bits per heavy atom. The predicted molar refractivity (Wildman–Crippen MR) is 105 cm³/mol. The number of hydrogen-bond donors (Lipinski definition) is 3. The molecule has 0 saturated heterocycles. The maximum atomic E-state index is 13.2. The summed E-state index contributed by atoms with van der Waals surface area (Å²) in [5.41, 5.74) is 2.69. The molecule has 0 spiro atoms. The number of aromatic nitrogens is 1. The molecule has 1 amide bonds. The van der Waals surface area contributed by atoms with E-state index in [0.29, 0.717) is 23.5 Å². The standard InChI is InChI=1S/C21H17F2N3O4/c22-21(23)29-18-6-5-14(10-19(18)30-21)26-20(28)16-3-1-2-4-17(16)25-11-13-7-8-24-15(9-13)12-27/h1-10,25,27H,11-12H2,(H,26,28). The first-order valence-corrected chi connectivity index (χ1v) is 9.02. The van der Waals surface area contributed by atoms with Crippen LogP contribution in [-0.4, -0.2) is 22.3 Å². The van der Waals surface area contributed by atoms with Crippen LogP contribution in [-0.2, 0) is 13.2 Å². The molecule has 2 heterocycles. The molecular formula is C21H17F2N3O4. The number of aliphatic hydroxyl groups is 1. The number of fused-ring (bicyclic) bond motifs is 1. The summed E-state index contributed by atoms with van der Waals surface area (Å²) in [6.45, 7) is 0.257. The number of amides is 1. The number of carbonyl (C=O) groups excluding carboxylic acids is 1. The zero-order valence-corrected chi connectivity index (χ0v) is 15.6. The molecule has 9 heteroatoms. The van der Waals surface area contributed by atoms with Crippen molar-refractivity contribution in [3.05, 3.63) is 77.6 Å². The number of hydrogen-bond acceptors (Lipinski definition) is 6. The Kier molecular flexibility index (Phi) is 5.20. The number of nitrogens with zero attached hydrogens (tertiary/aromatic N) is 1. The van der Waals surface area contributed by atoms with Crippen molar-refractivity contribution in [2.45, 2.75) is 19.4 Å². The summed E-state index contributed by atoms with van der Waals surface area (Å²) < 4.78 is 35.1. The molecule has 4 rings (SSSR count). The second kappa shape index (κ2) is 7.96. The van der Waals surface area contributed by atoms with Crippen LogP contribution in [0.1, 0.15) is 21.6 Å². The summed E-state index contributed by atoms with van der Waals surface area (Å²) in [6, 6.07) is 14.5. The highest BCUT2D eigenvalue weighted by Crippen LogP contribution is 2.42.